The fourth-order valence-corrected chi connectivity index (χ4v) is 2.79. The SMILES string of the molecule is O=C(CCn1c(=O)oc2ccccc21)OCC(=O)c1cccc(Br)c1. The average molecular weight is 404 g/mol. The van der Waals surface area contributed by atoms with E-state index in [0.717, 1.165) is 4.47 Å². The van der Waals surface area contributed by atoms with Gasteiger partial charge in [-0.3, -0.25) is 14.2 Å². The average Bonchev–Trinajstić information content (AvgIpc) is 2.93. The van der Waals surface area contributed by atoms with E-state index in [1.807, 2.05) is 0 Å². The number of rotatable bonds is 6. The maximum absolute atomic E-state index is 12.0. The molecule has 0 bridgehead atoms. The van der Waals surface area contributed by atoms with Crippen LogP contribution in [-0.4, -0.2) is 22.9 Å². The molecule has 0 fully saturated rings. The van der Waals surface area contributed by atoms with Crippen LogP contribution < -0.4 is 5.76 Å². The lowest BCUT2D eigenvalue weighted by Gasteiger charge is -2.05. The van der Waals surface area contributed by atoms with Crippen LogP contribution in [-0.2, 0) is 16.1 Å². The molecule has 0 spiro atoms. The molecule has 0 unspecified atom stereocenters. The fourth-order valence-electron chi connectivity index (χ4n) is 2.39. The Balaban J connectivity index is 1.57. The van der Waals surface area contributed by atoms with Crippen molar-refractivity contribution in [1.82, 2.24) is 4.57 Å². The van der Waals surface area contributed by atoms with Gasteiger partial charge in [-0.05, 0) is 24.3 Å². The van der Waals surface area contributed by atoms with E-state index in [-0.39, 0.29) is 25.4 Å². The molecular weight excluding hydrogens is 390 g/mol. The zero-order valence-corrected chi connectivity index (χ0v) is 14.7. The number of aromatic nitrogens is 1. The van der Waals surface area contributed by atoms with Crippen LogP contribution >= 0.6 is 15.9 Å². The van der Waals surface area contributed by atoms with Gasteiger partial charge in [0.25, 0.3) is 0 Å². The van der Waals surface area contributed by atoms with Crippen LogP contribution in [0.4, 0.5) is 0 Å². The number of carbonyl (C=O) groups is 2. The molecule has 7 heteroatoms. The van der Waals surface area contributed by atoms with Crippen LogP contribution in [0.25, 0.3) is 11.1 Å². The van der Waals surface area contributed by atoms with E-state index < -0.39 is 11.7 Å². The zero-order chi connectivity index (χ0) is 17.8. The molecule has 3 rings (SSSR count). The van der Waals surface area contributed by atoms with E-state index >= 15 is 0 Å². The van der Waals surface area contributed by atoms with Gasteiger partial charge in [-0.2, -0.15) is 0 Å². The Hall–Kier alpha value is -2.67. The van der Waals surface area contributed by atoms with Crippen molar-refractivity contribution in [2.45, 2.75) is 13.0 Å². The Morgan fingerprint density at radius 1 is 1.12 bits per heavy atom. The molecule has 0 atom stereocenters. The van der Waals surface area contributed by atoms with E-state index in [9.17, 15) is 14.4 Å². The summed E-state index contributed by atoms with van der Waals surface area (Å²) in [6.45, 7) is -0.212. The molecule has 0 saturated heterocycles. The summed E-state index contributed by atoms with van der Waals surface area (Å²) in [6, 6.07) is 13.8. The van der Waals surface area contributed by atoms with E-state index in [1.165, 1.54) is 4.57 Å². The maximum atomic E-state index is 12.0. The van der Waals surface area contributed by atoms with E-state index in [4.69, 9.17) is 9.15 Å². The first-order valence-electron chi connectivity index (χ1n) is 7.57. The second-order valence-corrected chi connectivity index (χ2v) is 6.25. The Morgan fingerprint density at radius 2 is 1.92 bits per heavy atom. The highest BCUT2D eigenvalue weighted by atomic mass is 79.9. The van der Waals surface area contributed by atoms with E-state index in [2.05, 4.69) is 15.9 Å². The number of hydrogen-bond acceptors (Lipinski definition) is 5. The van der Waals surface area contributed by atoms with Crippen LogP contribution in [0.15, 0.2) is 62.2 Å². The first kappa shape index (κ1) is 17.2. The van der Waals surface area contributed by atoms with Crippen molar-refractivity contribution in [3.63, 3.8) is 0 Å². The number of benzene rings is 2. The quantitative estimate of drug-likeness (QED) is 0.466. The summed E-state index contributed by atoms with van der Waals surface area (Å²) >= 11 is 3.28. The van der Waals surface area contributed by atoms with E-state index in [1.54, 1.807) is 48.5 Å². The van der Waals surface area contributed by atoms with Crippen molar-refractivity contribution < 1.29 is 18.7 Å². The van der Waals surface area contributed by atoms with Crippen molar-refractivity contribution in [2.75, 3.05) is 6.61 Å². The van der Waals surface area contributed by atoms with Crippen molar-refractivity contribution >= 4 is 38.8 Å². The molecule has 1 aromatic heterocycles. The van der Waals surface area contributed by atoms with E-state index in [0.29, 0.717) is 16.7 Å². The van der Waals surface area contributed by atoms with Gasteiger partial charge in [-0.1, -0.05) is 40.2 Å². The molecule has 0 radical (unpaired) electrons. The Bertz CT molecular complexity index is 988. The number of esters is 1. The van der Waals surface area contributed by atoms with Gasteiger partial charge in [0.1, 0.15) is 0 Å². The lowest BCUT2D eigenvalue weighted by molar-refractivity contribution is -0.142. The zero-order valence-electron chi connectivity index (χ0n) is 13.1. The highest BCUT2D eigenvalue weighted by Crippen LogP contribution is 2.13. The third-order valence-electron chi connectivity index (χ3n) is 3.62. The van der Waals surface area contributed by atoms with Gasteiger partial charge in [0.15, 0.2) is 18.0 Å². The second kappa shape index (κ2) is 7.48. The number of carbonyl (C=O) groups excluding carboxylic acids is 2. The van der Waals surface area contributed by atoms with Crippen LogP contribution in [0, 0.1) is 0 Å². The number of hydrogen-bond donors (Lipinski definition) is 0. The molecule has 1 heterocycles. The minimum absolute atomic E-state index is 0.0325. The number of oxazole rings is 1. The van der Waals surface area contributed by atoms with Crippen LogP contribution in [0.2, 0.25) is 0 Å². The van der Waals surface area contributed by atoms with Crippen LogP contribution in [0.1, 0.15) is 16.8 Å². The lowest BCUT2D eigenvalue weighted by atomic mass is 10.1. The molecule has 0 N–H and O–H groups in total. The summed E-state index contributed by atoms with van der Waals surface area (Å²) in [6.07, 6.45) is -0.0325. The molecule has 0 aliphatic heterocycles. The smallest absolute Gasteiger partial charge is 0.419 e. The van der Waals surface area contributed by atoms with Gasteiger partial charge in [-0.25, -0.2) is 4.79 Å². The molecule has 2 aromatic carbocycles. The summed E-state index contributed by atoms with van der Waals surface area (Å²) in [4.78, 5) is 35.7. The summed E-state index contributed by atoms with van der Waals surface area (Å²) in [5, 5.41) is 0. The number of aryl methyl sites for hydroxylation is 1. The van der Waals surface area contributed by atoms with Gasteiger partial charge in [0, 0.05) is 16.6 Å². The second-order valence-electron chi connectivity index (χ2n) is 5.33. The van der Waals surface area contributed by atoms with Crippen molar-refractivity contribution in [2.24, 2.45) is 0 Å². The number of ether oxygens (including phenoxy) is 1. The summed E-state index contributed by atoms with van der Waals surface area (Å²) in [5.74, 6) is -1.37. The molecule has 128 valence electrons. The van der Waals surface area contributed by atoms with Crippen molar-refractivity contribution in [1.29, 1.82) is 0 Å². The summed E-state index contributed by atoms with van der Waals surface area (Å²) < 4.78 is 12.2. The Labute approximate surface area is 151 Å². The number of ketones is 1. The number of fused-ring (bicyclic) bond motifs is 1. The number of Topliss-reactive ketones (excluding diaryl/α,β-unsaturated/α-hetero) is 1. The third-order valence-corrected chi connectivity index (χ3v) is 4.12. The number of halogens is 1. The minimum atomic E-state index is -0.555. The molecule has 25 heavy (non-hydrogen) atoms. The van der Waals surface area contributed by atoms with Crippen LogP contribution in [0.5, 0.6) is 0 Å². The molecular formula is C18H14BrNO5. The standard InChI is InChI=1S/C18H14BrNO5/c19-13-5-3-4-12(10-13)15(21)11-24-17(22)8-9-20-14-6-1-2-7-16(14)25-18(20)23/h1-7,10H,8-9,11H2. The number of nitrogens with zero attached hydrogens (tertiary/aromatic N) is 1. The molecule has 3 aromatic rings. The minimum Gasteiger partial charge on any atom is -0.457 e. The predicted molar refractivity (Wildman–Crippen MR) is 94.5 cm³/mol. The third kappa shape index (κ3) is 4.06. The number of para-hydroxylation sites is 2. The van der Waals surface area contributed by atoms with Crippen molar-refractivity contribution in [3.8, 4) is 0 Å². The highest BCUT2D eigenvalue weighted by molar-refractivity contribution is 9.10. The molecule has 0 saturated carbocycles. The van der Waals surface area contributed by atoms with Crippen LogP contribution in [0.3, 0.4) is 0 Å². The molecule has 0 amide bonds. The van der Waals surface area contributed by atoms with Gasteiger partial charge >= 0.3 is 11.7 Å². The Kier molecular flexibility index (Phi) is 5.14. The van der Waals surface area contributed by atoms with Gasteiger partial charge in [-0.15, -0.1) is 0 Å². The largest absolute Gasteiger partial charge is 0.457 e. The molecule has 6 nitrogen and oxygen atoms in total. The topological polar surface area (TPSA) is 78.5 Å². The summed E-state index contributed by atoms with van der Waals surface area (Å²) in [5.41, 5.74) is 1.54. The molecule has 0 aliphatic carbocycles. The van der Waals surface area contributed by atoms with Gasteiger partial charge < -0.3 is 9.15 Å². The predicted octanol–water partition coefficient (Wildman–Crippen LogP) is 3.17. The highest BCUT2D eigenvalue weighted by Gasteiger charge is 2.13. The normalized spacial score (nSPS) is 10.8. The molecule has 0 aliphatic rings. The lowest BCUT2D eigenvalue weighted by Crippen LogP contribution is -2.19. The first-order valence-corrected chi connectivity index (χ1v) is 8.36. The Morgan fingerprint density at radius 3 is 2.72 bits per heavy atom. The van der Waals surface area contributed by atoms with Crippen molar-refractivity contribution in [3.05, 3.63) is 69.1 Å². The first-order chi connectivity index (χ1) is 12.0. The van der Waals surface area contributed by atoms with Gasteiger partial charge in [0.2, 0.25) is 0 Å². The monoisotopic (exact) mass is 403 g/mol. The van der Waals surface area contributed by atoms with Gasteiger partial charge in [0.05, 0.1) is 11.9 Å². The maximum Gasteiger partial charge on any atom is 0.419 e. The fraction of sp³-hybridized carbons (Fsp3) is 0.167. The summed E-state index contributed by atoms with van der Waals surface area (Å²) in [7, 11) is 0.